The van der Waals surface area contributed by atoms with Crippen molar-refractivity contribution in [2.75, 3.05) is 0 Å². The highest BCUT2D eigenvalue weighted by atomic mass is 16.4. The molecule has 0 aromatic rings. The van der Waals surface area contributed by atoms with Gasteiger partial charge < -0.3 is 10.2 Å². The molecule has 0 rings (SSSR count). The Balaban J connectivity index is 3.11. The van der Waals surface area contributed by atoms with E-state index in [-0.39, 0.29) is 12.5 Å². The summed E-state index contributed by atoms with van der Waals surface area (Å²) in [5.74, 6) is -0.714. The second-order valence-electron chi connectivity index (χ2n) is 9.45. The summed E-state index contributed by atoms with van der Waals surface area (Å²) in [5.41, 5.74) is 0. The molecule has 0 aliphatic heterocycles. The summed E-state index contributed by atoms with van der Waals surface area (Å²) in [4.78, 5) is 10.4. The molecule has 0 saturated carbocycles. The van der Waals surface area contributed by atoms with Crippen LogP contribution in [0.2, 0.25) is 0 Å². The largest absolute Gasteiger partial charge is 0.481 e. The first-order valence-electron chi connectivity index (χ1n) is 13.6. The summed E-state index contributed by atoms with van der Waals surface area (Å²) in [6.07, 6.45) is 29.4. The fourth-order valence-electron chi connectivity index (χ4n) is 4.26. The van der Waals surface area contributed by atoms with Gasteiger partial charge in [0, 0.05) is 6.42 Å². The minimum Gasteiger partial charge on any atom is -0.481 e. The lowest BCUT2D eigenvalue weighted by molar-refractivity contribution is -0.137. The van der Waals surface area contributed by atoms with Gasteiger partial charge in [-0.2, -0.15) is 0 Å². The Bertz CT molecular complexity index is 343. The molecule has 0 heterocycles. The fraction of sp³-hybridized carbons (Fsp3) is 0.963. The van der Waals surface area contributed by atoms with Crippen molar-refractivity contribution in [2.24, 2.45) is 0 Å². The monoisotopic (exact) mass is 426 g/mol. The SMILES string of the molecule is CCCCCCCCCCCCCCCCCCCCC(O)CCCCCC(=O)O. The number of hydrogen-bond donors (Lipinski definition) is 2. The fourth-order valence-corrected chi connectivity index (χ4v) is 4.26. The van der Waals surface area contributed by atoms with Crippen LogP contribution in [0.3, 0.4) is 0 Å². The first-order valence-corrected chi connectivity index (χ1v) is 13.6. The molecule has 2 N–H and O–H groups in total. The smallest absolute Gasteiger partial charge is 0.303 e. The second kappa shape index (κ2) is 24.7. The van der Waals surface area contributed by atoms with Gasteiger partial charge in [0.25, 0.3) is 0 Å². The van der Waals surface area contributed by atoms with E-state index in [1.165, 1.54) is 109 Å². The van der Waals surface area contributed by atoms with Crippen LogP contribution >= 0.6 is 0 Å². The highest BCUT2D eigenvalue weighted by molar-refractivity contribution is 5.66. The predicted molar refractivity (Wildman–Crippen MR) is 130 cm³/mol. The molecule has 0 radical (unpaired) electrons. The van der Waals surface area contributed by atoms with Crippen LogP contribution in [0.5, 0.6) is 0 Å². The lowest BCUT2D eigenvalue weighted by atomic mass is 10.0. The van der Waals surface area contributed by atoms with Crippen LogP contribution in [-0.2, 0) is 4.79 Å². The molecule has 3 heteroatoms. The molecule has 0 aromatic carbocycles. The molecule has 0 fully saturated rings. The first-order chi connectivity index (χ1) is 14.7. The number of rotatable bonds is 25. The molecule has 0 spiro atoms. The van der Waals surface area contributed by atoms with E-state index in [1.54, 1.807) is 0 Å². The van der Waals surface area contributed by atoms with Crippen molar-refractivity contribution in [1.82, 2.24) is 0 Å². The lowest BCUT2D eigenvalue weighted by Crippen LogP contribution is -2.06. The van der Waals surface area contributed by atoms with E-state index in [4.69, 9.17) is 5.11 Å². The highest BCUT2D eigenvalue weighted by Gasteiger charge is 2.04. The summed E-state index contributed by atoms with van der Waals surface area (Å²) in [6, 6.07) is 0. The number of carbonyl (C=O) groups is 1. The number of carboxylic acids is 1. The molecule has 0 aromatic heterocycles. The third-order valence-corrected chi connectivity index (χ3v) is 6.32. The van der Waals surface area contributed by atoms with Crippen molar-refractivity contribution in [3.8, 4) is 0 Å². The molecule has 30 heavy (non-hydrogen) atoms. The molecular formula is C27H54O3. The van der Waals surface area contributed by atoms with Gasteiger partial charge in [0.15, 0.2) is 0 Å². The lowest BCUT2D eigenvalue weighted by Gasteiger charge is -2.10. The summed E-state index contributed by atoms with van der Waals surface area (Å²) in [5, 5.41) is 18.6. The van der Waals surface area contributed by atoms with Crippen LogP contribution in [0.1, 0.15) is 161 Å². The summed E-state index contributed by atoms with van der Waals surface area (Å²) < 4.78 is 0. The Kier molecular flexibility index (Phi) is 24.2. The maximum atomic E-state index is 10.4. The minimum atomic E-state index is -0.714. The number of carboxylic acid groups (broad SMARTS) is 1. The van der Waals surface area contributed by atoms with Crippen LogP contribution in [0, 0.1) is 0 Å². The van der Waals surface area contributed by atoms with Gasteiger partial charge in [0.05, 0.1) is 6.10 Å². The van der Waals surface area contributed by atoms with Crippen LogP contribution in [0.15, 0.2) is 0 Å². The van der Waals surface area contributed by atoms with E-state index in [2.05, 4.69) is 6.92 Å². The zero-order chi connectivity index (χ0) is 22.1. The molecule has 0 saturated heterocycles. The summed E-state index contributed by atoms with van der Waals surface area (Å²) in [7, 11) is 0. The van der Waals surface area contributed by atoms with E-state index in [0.717, 1.165) is 38.5 Å². The molecule has 180 valence electrons. The Morgan fingerprint density at radius 1 is 0.533 bits per heavy atom. The van der Waals surface area contributed by atoms with E-state index in [1.807, 2.05) is 0 Å². The number of aliphatic carboxylic acids is 1. The molecule has 0 aliphatic rings. The second-order valence-corrected chi connectivity index (χ2v) is 9.45. The van der Waals surface area contributed by atoms with Crippen molar-refractivity contribution in [3.05, 3.63) is 0 Å². The Hall–Kier alpha value is -0.570. The third kappa shape index (κ3) is 25.5. The van der Waals surface area contributed by atoms with Crippen LogP contribution in [0.4, 0.5) is 0 Å². The first kappa shape index (κ1) is 29.4. The van der Waals surface area contributed by atoms with Crippen LogP contribution in [-0.4, -0.2) is 22.3 Å². The Morgan fingerprint density at radius 3 is 1.17 bits per heavy atom. The highest BCUT2D eigenvalue weighted by Crippen LogP contribution is 2.16. The van der Waals surface area contributed by atoms with Crippen molar-refractivity contribution >= 4 is 5.97 Å². The van der Waals surface area contributed by atoms with Gasteiger partial charge in [-0.1, -0.05) is 135 Å². The van der Waals surface area contributed by atoms with Crippen LogP contribution in [0.25, 0.3) is 0 Å². The van der Waals surface area contributed by atoms with Gasteiger partial charge in [0.2, 0.25) is 0 Å². The molecule has 1 atom stereocenters. The Labute approximate surface area is 188 Å². The van der Waals surface area contributed by atoms with Gasteiger partial charge >= 0.3 is 5.97 Å². The number of aliphatic hydroxyl groups is 1. The molecule has 0 bridgehead atoms. The van der Waals surface area contributed by atoms with E-state index < -0.39 is 5.97 Å². The standard InChI is InChI=1S/C27H54O3/c1-2-3-4-5-6-7-8-9-10-11-12-13-14-15-16-17-18-20-23-26(28)24-21-19-22-25-27(29)30/h26,28H,2-25H2,1H3,(H,29,30). The maximum absolute atomic E-state index is 10.4. The molecule has 0 aliphatic carbocycles. The van der Waals surface area contributed by atoms with E-state index >= 15 is 0 Å². The Morgan fingerprint density at radius 2 is 0.833 bits per heavy atom. The zero-order valence-electron chi connectivity index (χ0n) is 20.4. The van der Waals surface area contributed by atoms with Gasteiger partial charge in [-0.25, -0.2) is 0 Å². The number of hydrogen-bond acceptors (Lipinski definition) is 2. The summed E-state index contributed by atoms with van der Waals surface area (Å²) in [6.45, 7) is 2.28. The minimum absolute atomic E-state index is 0.184. The summed E-state index contributed by atoms with van der Waals surface area (Å²) >= 11 is 0. The molecule has 3 nitrogen and oxygen atoms in total. The molecule has 1 unspecified atom stereocenters. The number of unbranched alkanes of at least 4 members (excludes halogenated alkanes) is 19. The van der Waals surface area contributed by atoms with Crippen molar-refractivity contribution in [2.45, 2.75) is 167 Å². The normalized spacial score (nSPS) is 12.3. The topological polar surface area (TPSA) is 57.5 Å². The van der Waals surface area contributed by atoms with Gasteiger partial charge in [0.1, 0.15) is 0 Å². The van der Waals surface area contributed by atoms with Gasteiger partial charge in [-0.05, 0) is 19.3 Å². The van der Waals surface area contributed by atoms with Gasteiger partial charge in [-0.15, -0.1) is 0 Å². The quantitative estimate of drug-likeness (QED) is 0.143. The average molecular weight is 427 g/mol. The third-order valence-electron chi connectivity index (χ3n) is 6.32. The maximum Gasteiger partial charge on any atom is 0.303 e. The van der Waals surface area contributed by atoms with Crippen molar-refractivity contribution in [1.29, 1.82) is 0 Å². The van der Waals surface area contributed by atoms with Crippen molar-refractivity contribution in [3.63, 3.8) is 0 Å². The van der Waals surface area contributed by atoms with Crippen LogP contribution < -0.4 is 0 Å². The van der Waals surface area contributed by atoms with Gasteiger partial charge in [-0.3, -0.25) is 4.79 Å². The average Bonchev–Trinajstić information content (AvgIpc) is 2.72. The molecular weight excluding hydrogens is 372 g/mol. The van der Waals surface area contributed by atoms with Crippen molar-refractivity contribution < 1.29 is 15.0 Å². The molecule has 0 amide bonds. The predicted octanol–water partition coefficient (Wildman–Crippen LogP) is 8.81. The number of aliphatic hydroxyl groups excluding tert-OH is 1. The zero-order valence-corrected chi connectivity index (χ0v) is 20.4. The van der Waals surface area contributed by atoms with E-state index in [0.29, 0.717) is 0 Å². The van der Waals surface area contributed by atoms with E-state index in [9.17, 15) is 9.90 Å².